The minimum Gasteiger partial charge on any atom is -0.369 e. The molecule has 1 aromatic heterocycles. The standard InChI is InChI=1S/C18H16N4/c19-12-15-6-9-21-13-17(15)22-10-7-18(14-20,8-11-22)16-4-2-1-3-5-16/h1-6,9,13H,7-8,10-11H2. The highest BCUT2D eigenvalue weighted by Crippen LogP contribution is 2.36. The maximum atomic E-state index is 9.72. The molecular formula is C18H16N4. The smallest absolute Gasteiger partial charge is 0.101 e. The van der Waals surface area contributed by atoms with Crippen molar-refractivity contribution >= 4 is 5.69 Å². The number of nitriles is 2. The maximum Gasteiger partial charge on any atom is 0.101 e. The SMILES string of the molecule is N#Cc1ccncc1N1CCC(C#N)(c2ccccc2)CC1. The molecule has 0 N–H and O–H groups in total. The fourth-order valence-corrected chi connectivity index (χ4v) is 3.08. The normalized spacial score (nSPS) is 16.5. The Hall–Kier alpha value is -2.85. The van der Waals surface area contributed by atoms with Crippen LogP contribution in [-0.4, -0.2) is 18.1 Å². The van der Waals surface area contributed by atoms with E-state index in [4.69, 9.17) is 0 Å². The Kier molecular flexibility index (Phi) is 3.76. The molecule has 3 rings (SSSR count). The summed E-state index contributed by atoms with van der Waals surface area (Å²) in [4.78, 5) is 6.28. The van der Waals surface area contributed by atoms with Gasteiger partial charge in [-0.3, -0.25) is 4.98 Å². The molecule has 0 atom stereocenters. The van der Waals surface area contributed by atoms with E-state index in [1.807, 2.05) is 30.3 Å². The molecule has 0 bridgehead atoms. The molecule has 0 spiro atoms. The van der Waals surface area contributed by atoms with Crippen LogP contribution in [0.15, 0.2) is 48.8 Å². The lowest BCUT2D eigenvalue weighted by Gasteiger charge is -2.38. The molecule has 4 nitrogen and oxygen atoms in total. The van der Waals surface area contributed by atoms with Gasteiger partial charge in [0.05, 0.1) is 28.9 Å². The van der Waals surface area contributed by atoms with Crippen LogP contribution < -0.4 is 4.90 Å². The lowest BCUT2D eigenvalue weighted by atomic mass is 9.74. The summed E-state index contributed by atoms with van der Waals surface area (Å²) in [5.41, 5.74) is 2.17. The highest BCUT2D eigenvalue weighted by Gasteiger charge is 2.36. The van der Waals surface area contributed by atoms with Gasteiger partial charge in [0.15, 0.2) is 0 Å². The number of pyridine rings is 1. The molecular weight excluding hydrogens is 272 g/mol. The van der Waals surface area contributed by atoms with Crippen molar-refractivity contribution < 1.29 is 0 Å². The van der Waals surface area contributed by atoms with Crippen LogP contribution in [0.5, 0.6) is 0 Å². The van der Waals surface area contributed by atoms with Crippen LogP contribution in [-0.2, 0) is 5.41 Å². The molecule has 1 aliphatic heterocycles. The van der Waals surface area contributed by atoms with E-state index in [2.05, 4.69) is 22.0 Å². The van der Waals surface area contributed by atoms with E-state index in [1.54, 1.807) is 18.5 Å². The van der Waals surface area contributed by atoms with Crippen LogP contribution in [0, 0.1) is 22.7 Å². The molecule has 0 aliphatic carbocycles. The molecule has 2 aromatic rings. The van der Waals surface area contributed by atoms with E-state index in [-0.39, 0.29) is 0 Å². The number of benzene rings is 1. The van der Waals surface area contributed by atoms with Gasteiger partial charge in [-0.1, -0.05) is 30.3 Å². The van der Waals surface area contributed by atoms with Gasteiger partial charge in [0.25, 0.3) is 0 Å². The lowest BCUT2D eigenvalue weighted by molar-refractivity contribution is 0.415. The number of hydrogen-bond donors (Lipinski definition) is 0. The number of piperidine rings is 1. The van der Waals surface area contributed by atoms with Crippen LogP contribution in [0.4, 0.5) is 5.69 Å². The van der Waals surface area contributed by atoms with Gasteiger partial charge in [-0.15, -0.1) is 0 Å². The molecule has 2 heterocycles. The van der Waals surface area contributed by atoms with E-state index in [9.17, 15) is 10.5 Å². The maximum absolute atomic E-state index is 9.72. The van der Waals surface area contributed by atoms with Gasteiger partial charge in [-0.05, 0) is 24.5 Å². The number of hydrogen-bond acceptors (Lipinski definition) is 4. The van der Waals surface area contributed by atoms with Crippen molar-refractivity contribution in [1.29, 1.82) is 10.5 Å². The van der Waals surface area contributed by atoms with Crippen molar-refractivity contribution in [3.8, 4) is 12.1 Å². The quantitative estimate of drug-likeness (QED) is 0.852. The average molecular weight is 288 g/mol. The van der Waals surface area contributed by atoms with Crippen LogP contribution >= 0.6 is 0 Å². The number of aromatic nitrogens is 1. The van der Waals surface area contributed by atoms with Crippen LogP contribution in [0.2, 0.25) is 0 Å². The fourth-order valence-electron chi connectivity index (χ4n) is 3.08. The second-order valence-electron chi connectivity index (χ2n) is 5.55. The molecule has 1 saturated heterocycles. The third-order valence-corrected chi connectivity index (χ3v) is 4.42. The molecule has 1 aromatic carbocycles. The van der Waals surface area contributed by atoms with Crippen molar-refractivity contribution in [3.63, 3.8) is 0 Å². The van der Waals surface area contributed by atoms with Gasteiger partial charge in [0, 0.05) is 19.3 Å². The zero-order valence-corrected chi connectivity index (χ0v) is 12.2. The summed E-state index contributed by atoms with van der Waals surface area (Å²) >= 11 is 0. The Morgan fingerprint density at radius 3 is 2.41 bits per heavy atom. The monoisotopic (exact) mass is 288 g/mol. The van der Waals surface area contributed by atoms with E-state index in [1.165, 1.54) is 0 Å². The number of anilines is 1. The Labute approximate surface area is 130 Å². The summed E-state index contributed by atoms with van der Waals surface area (Å²) in [7, 11) is 0. The van der Waals surface area contributed by atoms with Crippen molar-refractivity contribution in [2.24, 2.45) is 0 Å². The van der Waals surface area contributed by atoms with Crippen LogP contribution in [0.3, 0.4) is 0 Å². The molecule has 0 radical (unpaired) electrons. The van der Waals surface area contributed by atoms with Crippen molar-refractivity contribution in [1.82, 2.24) is 4.98 Å². The zero-order chi connectivity index (χ0) is 15.4. The first-order valence-electron chi connectivity index (χ1n) is 7.35. The summed E-state index contributed by atoms with van der Waals surface area (Å²) < 4.78 is 0. The molecule has 0 amide bonds. The minimum atomic E-state index is -0.424. The summed E-state index contributed by atoms with van der Waals surface area (Å²) in [5, 5.41) is 18.9. The van der Waals surface area contributed by atoms with Crippen molar-refractivity contribution in [3.05, 3.63) is 59.9 Å². The molecule has 108 valence electrons. The molecule has 1 fully saturated rings. The second kappa shape index (κ2) is 5.87. The van der Waals surface area contributed by atoms with Gasteiger partial charge in [-0.2, -0.15) is 10.5 Å². The minimum absolute atomic E-state index is 0.424. The lowest BCUT2D eigenvalue weighted by Crippen LogP contribution is -2.42. The zero-order valence-electron chi connectivity index (χ0n) is 12.2. The summed E-state index contributed by atoms with van der Waals surface area (Å²) in [6.45, 7) is 1.51. The summed E-state index contributed by atoms with van der Waals surface area (Å²) in [6, 6.07) is 16.5. The van der Waals surface area contributed by atoms with Crippen LogP contribution in [0.1, 0.15) is 24.0 Å². The predicted molar refractivity (Wildman–Crippen MR) is 84.1 cm³/mol. The third-order valence-electron chi connectivity index (χ3n) is 4.42. The Morgan fingerprint density at radius 1 is 1.05 bits per heavy atom. The largest absolute Gasteiger partial charge is 0.369 e. The third kappa shape index (κ3) is 2.40. The first-order chi connectivity index (χ1) is 10.8. The molecule has 4 heteroatoms. The number of rotatable bonds is 2. The van der Waals surface area contributed by atoms with Gasteiger partial charge in [0.1, 0.15) is 6.07 Å². The van der Waals surface area contributed by atoms with Gasteiger partial charge < -0.3 is 4.90 Å². The Morgan fingerprint density at radius 2 is 1.77 bits per heavy atom. The first kappa shape index (κ1) is 14.1. The van der Waals surface area contributed by atoms with Crippen LogP contribution in [0.25, 0.3) is 0 Å². The Balaban J connectivity index is 1.83. The van der Waals surface area contributed by atoms with E-state index < -0.39 is 5.41 Å². The van der Waals surface area contributed by atoms with Gasteiger partial charge in [-0.25, -0.2) is 0 Å². The molecule has 0 unspecified atom stereocenters. The fraction of sp³-hybridized carbons (Fsp3) is 0.278. The van der Waals surface area contributed by atoms with Crippen molar-refractivity contribution in [2.75, 3.05) is 18.0 Å². The predicted octanol–water partition coefficient (Wildman–Crippen LogP) is 3.02. The van der Waals surface area contributed by atoms with E-state index >= 15 is 0 Å². The second-order valence-corrected chi connectivity index (χ2v) is 5.55. The number of nitrogens with zero attached hydrogens (tertiary/aromatic N) is 4. The summed E-state index contributed by atoms with van der Waals surface area (Å²) in [5.74, 6) is 0. The highest BCUT2D eigenvalue weighted by molar-refractivity contribution is 5.58. The summed E-state index contributed by atoms with van der Waals surface area (Å²) in [6.07, 6.45) is 4.89. The average Bonchev–Trinajstić information content (AvgIpc) is 2.62. The molecule has 0 saturated carbocycles. The molecule has 1 aliphatic rings. The Bertz CT molecular complexity index is 732. The van der Waals surface area contributed by atoms with Gasteiger partial charge in [0.2, 0.25) is 0 Å². The van der Waals surface area contributed by atoms with E-state index in [0.29, 0.717) is 5.56 Å². The van der Waals surface area contributed by atoms with Gasteiger partial charge >= 0.3 is 0 Å². The van der Waals surface area contributed by atoms with Crippen molar-refractivity contribution in [2.45, 2.75) is 18.3 Å². The van der Waals surface area contributed by atoms with E-state index in [0.717, 1.165) is 37.2 Å². The molecule has 22 heavy (non-hydrogen) atoms. The topological polar surface area (TPSA) is 63.7 Å². The first-order valence-corrected chi connectivity index (χ1v) is 7.35. The highest BCUT2D eigenvalue weighted by atomic mass is 15.1.